The van der Waals surface area contributed by atoms with Crippen molar-refractivity contribution in [3.63, 3.8) is 0 Å². The Morgan fingerprint density at radius 3 is 2.83 bits per heavy atom. The Morgan fingerprint density at radius 1 is 1.30 bits per heavy atom. The summed E-state index contributed by atoms with van der Waals surface area (Å²) in [5, 5.41) is 10.7. The summed E-state index contributed by atoms with van der Waals surface area (Å²) in [5.41, 5.74) is 0.714. The van der Waals surface area contributed by atoms with Gasteiger partial charge in [-0.25, -0.2) is 9.37 Å². The van der Waals surface area contributed by atoms with Crippen molar-refractivity contribution >= 4 is 10.9 Å². The smallest absolute Gasteiger partial charge is 0.261 e. The van der Waals surface area contributed by atoms with E-state index in [-0.39, 0.29) is 17.9 Å². The van der Waals surface area contributed by atoms with Gasteiger partial charge in [0.25, 0.3) is 5.56 Å². The van der Waals surface area contributed by atoms with E-state index in [9.17, 15) is 14.3 Å². The molecule has 1 N–H and O–H groups in total. The minimum Gasteiger partial charge on any atom is -0.494 e. The van der Waals surface area contributed by atoms with Crippen LogP contribution in [0.1, 0.15) is 11.7 Å². The van der Waals surface area contributed by atoms with Gasteiger partial charge in [-0.3, -0.25) is 9.36 Å². The van der Waals surface area contributed by atoms with E-state index in [2.05, 4.69) is 4.98 Å². The van der Waals surface area contributed by atoms with Gasteiger partial charge in [0.2, 0.25) is 0 Å². The summed E-state index contributed by atoms with van der Waals surface area (Å²) < 4.78 is 19.9. The van der Waals surface area contributed by atoms with E-state index >= 15 is 0 Å². The number of hydrogen-bond donors (Lipinski definition) is 1. The maximum Gasteiger partial charge on any atom is 0.261 e. The number of fused-ring (bicyclic) bond motifs is 1. The summed E-state index contributed by atoms with van der Waals surface area (Å²) in [6, 6.07) is 11.2. The zero-order chi connectivity index (χ0) is 16.4. The van der Waals surface area contributed by atoms with E-state index in [0.717, 1.165) is 0 Å². The predicted molar refractivity (Wildman–Crippen MR) is 83.9 cm³/mol. The first-order chi connectivity index (χ1) is 11.1. The lowest BCUT2D eigenvalue weighted by atomic mass is 10.1. The fourth-order valence-corrected chi connectivity index (χ4v) is 2.42. The van der Waals surface area contributed by atoms with E-state index < -0.39 is 11.9 Å². The van der Waals surface area contributed by atoms with Gasteiger partial charge < -0.3 is 9.84 Å². The van der Waals surface area contributed by atoms with Crippen LogP contribution in [0.3, 0.4) is 0 Å². The summed E-state index contributed by atoms with van der Waals surface area (Å²) in [4.78, 5) is 16.6. The highest BCUT2D eigenvalue weighted by atomic mass is 19.1. The molecule has 1 heterocycles. The minimum absolute atomic E-state index is 0.0115. The maximum atomic E-state index is 13.7. The lowest BCUT2D eigenvalue weighted by Gasteiger charge is -2.14. The molecule has 1 unspecified atom stereocenters. The topological polar surface area (TPSA) is 64.3 Å². The van der Waals surface area contributed by atoms with Crippen molar-refractivity contribution in [3.8, 4) is 5.75 Å². The second kappa shape index (κ2) is 6.18. The average molecular weight is 314 g/mol. The molecule has 0 amide bonds. The normalized spacial score (nSPS) is 12.3. The molecule has 3 rings (SSSR count). The molecule has 0 saturated carbocycles. The lowest BCUT2D eigenvalue weighted by molar-refractivity contribution is 0.154. The molecule has 1 atom stereocenters. The minimum atomic E-state index is -1.03. The van der Waals surface area contributed by atoms with Crippen molar-refractivity contribution in [1.82, 2.24) is 9.55 Å². The van der Waals surface area contributed by atoms with Crippen LogP contribution in [0.5, 0.6) is 5.75 Å². The molecule has 5 nitrogen and oxygen atoms in total. The quantitative estimate of drug-likeness (QED) is 0.802. The van der Waals surface area contributed by atoms with Crippen LogP contribution in [-0.2, 0) is 6.54 Å². The van der Waals surface area contributed by atoms with E-state index in [1.807, 2.05) is 0 Å². The van der Waals surface area contributed by atoms with Gasteiger partial charge >= 0.3 is 0 Å². The number of rotatable bonds is 4. The van der Waals surface area contributed by atoms with E-state index in [1.54, 1.807) is 30.3 Å². The largest absolute Gasteiger partial charge is 0.494 e. The molecule has 0 radical (unpaired) electrons. The van der Waals surface area contributed by atoms with Crippen molar-refractivity contribution < 1.29 is 14.2 Å². The molecule has 118 valence electrons. The van der Waals surface area contributed by atoms with Gasteiger partial charge in [0.1, 0.15) is 0 Å². The van der Waals surface area contributed by atoms with Crippen molar-refractivity contribution in [2.75, 3.05) is 7.11 Å². The molecule has 3 aromatic rings. The van der Waals surface area contributed by atoms with Crippen LogP contribution in [-0.4, -0.2) is 21.8 Å². The SMILES string of the molecule is COc1ccc(C(O)Cn2cnc3ccccc3c2=O)cc1F. The molecule has 0 aliphatic heterocycles. The highest BCUT2D eigenvalue weighted by molar-refractivity contribution is 5.76. The van der Waals surface area contributed by atoms with E-state index in [0.29, 0.717) is 16.5 Å². The first-order valence-electron chi connectivity index (χ1n) is 7.06. The first kappa shape index (κ1) is 15.2. The van der Waals surface area contributed by atoms with Crippen LogP contribution >= 0.6 is 0 Å². The third kappa shape index (κ3) is 2.93. The number of hydrogen-bond acceptors (Lipinski definition) is 4. The second-order valence-electron chi connectivity index (χ2n) is 5.13. The molecular weight excluding hydrogens is 299 g/mol. The lowest BCUT2D eigenvalue weighted by Crippen LogP contribution is -2.23. The molecule has 2 aromatic carbocycles. The number of nitrogens with zero attached hydrogens (tertiary/aromatic N) is 2. The fourth-order valence-electron chi connectivity index (χ4n) is 2.42. The number of para-hydroxylation sites is 1. The Balaban J connectivity index is 1.91. The number of aliphatic hydroxyl groups is 1. The molecule has 6 heteroatoms. The molecular formula is C17H15FN2O3. The zero-order valence-corrected chi connectivity index (χ0v) is 12.4. The van der Waals surface area contributed by atoms with Gasteiger partial charge in [0.15, 0.2) is 11.6 Å². The van der Waals surface area contributed by atoms with Crippen molar-refractivity contribution in [2.24, 2.45) is 0 Å². The van der Waals surface area contributed by atoms with Crippen LogP contribution in [0.2, 0.25) is 0 Å². The number of ether oxygens (including phenoxy) is 1. The van der Waals surface area contributed by atoms with Crippen LogP contribution in [0, 0.1) is 5.82 Å². The molecule has 0 saturated heterocycles. The number of methoxy groups -OCH3 is 1. The number of aromatic nitrogens is 2. The molecule has 0 bridgehead atoms. The zero-order valence-electron chi connectivity index (χ0n) is 12.4. The van der Waals surface area contributed by atoms with Gasteiger partial charge in [-0.1, -0.05) is 18.2 Å². The fraction of sp³-hybridized carbons (Fsp3) is 0.176. The molecule has 23 heavy (non-hydrogen) atoms. The average Bonchev–Trinajstić information content (AvgIpc) is 2.57. The standard InChI is InChI=1S/C17H15FN2O3/c1-23-16-7-6-11(8-13(16)18)15(21)9-20-10-19-14-5-3-2-4-12(14)17(20)22/h2-8,10,15,21H,9H2,1H3. The summed E-state index contributed by atoms with van der Waals surface area (Å²) >= 11 is 0. The Hall–Kier alpha value is -2.73. The third-order valence-corrected chi connectivity index (χ3v) is 3.66. The summed E-state index contributed by atoms with van der Waals surface area (Å²) in [5.74, 6) is -0.460. The van der Waals surface area contributed by atoms with Gasteiger partial charge in [-0.05, 0) is 29.8 Å². The van der Waals surface area contributed by atoms with Crippen molar-refractivity contribution in [3.05, 3.63) is 70.5 Å². The van der Waals surface area contributed by atoms with Crippen molar-refractivity contribution in [2.45, 2.75) is 12.6 Å². The number of aliphatic hydroxyl groups excluding tert-OH is 1. The monoisotopic (exact) mass is 314 g/mol. The van der Waals surface area contributed by atoms with E-state index in [4.69, 9.17) is 4.74 Å². The first-order valence-corrected chi connectivity index (χ1v) is 7.06. The van der Waals surface area contributed by atoms with Crippen LogP contribution in [0.4, 0.5) is 4.39 Å². The van der Waals surface area contributed by atoms with Gasteiger partial charge in [-0.2, -0.15) is 0 Å². The van der Waals surface area contributed by atoms with Gasteiger partial charge in [-0.15, -0.1) is 0 Å². The Kier molecular flexibility index (Phi) is 4.08. The van der Waals surface area contributed by atoms with Crippen molar-refractivity contribution in [1.29, 1.82) is 0 Å². The molecule has 0 spiro atoms. The Bertz CT molecular complexity index is 908. The highest BCUT2D eigenvalue weighted by Crippen LogP contribution is 2.22. The maximum absolute atomic E-state index is 13.7. The van der Waals surface area contributed by atoms with Crippen LogP contribution in [0.15, 0.2) is 53.6 Å². The Labute approximate surface area is 131 Å². The third-order valence-electron chi connectivity index (χ3n) is 3.66. The summed E-state index contributed by atoms with van der Waals surface area (Å²) in [6.07, 6.45) is 0.351. The molecule has 1 aromatic heterocycles. The predicted octanol–water partition coefficient (Wildman–Crippen LogP) is 2.28. The van der Waals surface area contributed by atoms with E-state index in [1.165, 1.54) is 30.1 Å². The molecule has 0 fully saturated rings. The van der Waals surface area contributed by atoms with Crippen LogP contribution in [0.25, 0.3) is 10.9 Å². The Morgan fingerprint density at radius 2 is 2.09 bits per heavy atom. The highest BCUT2D eigenvalue weighted by Gasteiger charge is 2.13. The molecule has 0 aliphatic rings. The number of halogens is 1. The second-order valence-corrected chi connectivity index (χ2v) is 5.13. The summed E-state index contributed by atoms with van der Waals surface area (Å²) in [7, 11) is 1.37. The van der Waals surface area contributed by atoms with Gasteiger partial charge in [0.05, 0.1) is 37.0 Å². The molecule has 0 aliphatic carbocycles. The van der Waals surface area contributed by atoms with Crippen LogP contribution < -0.4 is 10.3 Å². The number of benzene rings is 2. The van der Waals surface area contributed by atoms with Gasteiger partial charge in [0, 0.05) is 0 Å². The summed E-state index contributed by atoms with van der Waals surface area (Å²) in [6.45, 7) is -0.0115.